The number of nitrogens with zero attached hydrogens (tertiary/aromatic N) is 1. The Balaban J connectivity index is 2.75. The molecule has 0 atom stereocenters. The fourth-order valence-corrected chi connectivity index (χ4v) is 1.76. The maximum atomic E-state index is 9.51. The standard InChI is InChI=1S/C10H8Cl2NO/c11-5-7-1-2-10-8(3-7)4-9(12)6-13(10)14/h1-4,6,14H,5H2/q+1. The van der Waals surface area contributed by atoms with Crippen LogP contribution in [0.25, 0.3) is 10.9 Å². The predicted octanol–water partition coefficient (Wildman–Crippen LogP) is 2.76. The molecule has 0 saturated heterocycles. The molecule has 0 fully saturated rings. The molecule has 4 heteroatoms. The van der Waals surface area contributed by atoms with Crippen LogP contribution >= 0.6 is 23.2 Å². The van der Waals surface area contributed by atoms with Crippen molar-refractivity contribution in [3.05, 3.63) is 41.0 Å². The van der Waals surface area contributed by atoms with E-state index >= 15 is 0 Å². The summed E-state index contributed by atoms with van der Waals surface area (Å²) in [5.74, 6) is 0.452. The smallest absolute Gasteiger partial charge is 0.264 e. The number of fused-ring (bicyclic) bond motifs is 1. The minimum Gasteiger partial charge on any atom is -0.284 e. The molecule has 0 bridgehead atoms. The quantitative estimate of drug-likeness (QED) is 0.453. The van der Waals surface area contributed by atoms with E-state index in [-0.39, 0.29) is 0 Å². The van der Waals surface area contributed by atoms with Crippen LogP contribution in [-0.4, -0.2) is 5.21 Å². The average molecular weight is 229 g/mol. The highest BCUT2D eigenvalue weighted by Gasteiger charge is 2.09. The van der Waals surface area contributed by atoms with Gasteiger partial charge in [-0.05, 0) is 17.7 Å². The van der Waals surface area contributed by atoms with Crippen molar-refractivity contribution in [2.45, 2.75) is 5.88 Å². The van der Waals surface area contributed by atoms with E-state index in [1.54, 1.807) is 6.07 Å². The molecule has 0 aliphatic heterocycles. The zero-order chi connectivity index (χ0) is 10.1. The van der Waals surface area contributed by atoms with Gasteiger partial charge in [-0.1, -0.05) is 17.7 Å². The van der Waals surface area contributed by atoms with E-state index in [9.17, 15) is 5.21 Å². The summed E-state index contributed by atoms with van der Waals surface area (Å²) in [5.41, 5.74) is 1.71. The second-order valence-electron chi connectivity index (χ2n) is 3.03. The Morgan fingerprint density at radius 2 is 2.07 bits per heavy atom. The fourth-order valence-electron chi connectivity index (χ4n) is 1.38. The molecule has 14 heavy (non-hydrogen) atoms. The van der Waals surface area contributed by atoms with Crippen LogP contribution in [0.4, 0.5) is 0 Å². The molecular formula is C10H8Cl2NO+. The Morgan fingerprint density at radius 1 is 1.29 bits per heavy atom. The van der Waals surface area contributed by atoms with Gasteiger partial charge in [0.2, 0.25) is 6.20 Å². The zero-order valence-corrected chi connectivity index (χ0v) is 8.76. The van der Waals surface area contributed by atoms with E-state index < -0.39 is 0 Å². The first-order chi connectivity index (χ1) is 6.70. The summed E-state index contributed by atoms with van der Waals surface area (Å²) < 4.78 is 1.01. The van der Waals surface area contributed by atoms with Crippen LogP contribution in [0.15, 0.2) is 30.5 Å². The van der Waals surface area contributed by atoms with Gasteiger partial charge in [-0.3, -0.25) is 5.21 Å². The second-order valence-corrected chi connectivity index (χ2v) is 3.73. The molecule has 0 unspecified atom stereocenters. The van der Waals surface area contributed by atoms with E-state index in [0.29, 0.717) is 16.4 Å². The van der Waals surface area contributed by atoms with Crippen molar-refractivity contribution in [3.63, 3.8) is 0 Å². The van der Waals surface area contributed by atoms with E-state index in [4.69, 9.17) is 23.2 Å². The molecule has 1 aromatic carbocycles. The molecule has 0 aliphatic rings. The molecule has 0 radical (unpaired) electrons. The highest BCUT2D eigenvalue weighted by molar-refractivity contribution is 6.30. The van der Waals surface area contributed by atoms with Gasteiger partial charge in [0.25, 0.3) is 5.52 Å². The highest BCUT2D eigenvalue weighted by atomic mass is 35.5. The molecule has 1 N–H and O–H groups in total. The predicted molar refractivity (Wildman–Crippen MR) is 55.9 cm³/mol. The van der Waals surface area contributed by atoms with Crippen molar-refractivity contribution < 1.29 is 9.94 Å². The Morgan fingerprint density at radius 3 is 2.79 bits per heavy atom. The number of hydrogen-bond acceptors (Lipinski definition) is 1. The van der Waals surface area contributed by atoms with Gasteiger partial charge in [-0.2, -0.15) is 0 Å². The lowest BCUT2D eigenvalue weighted by molar-refractivity contribution is -0.884. The molecule has 2 aromatic rings. The minimum absolute atomic E-state index is 0.452. The van der Waals surface area contributed by atoms with Gasteiger partial charge in [-0.15, -0.1) is 11.6 Å². The topological polar surface area (TPSA) is 24.1 Å². The third-order valence-electron chi connectivity index (χ3n) is 2.03. The Hall–Kier alpha value is -0.990. The monoisotopic (exact) mass is 228 g/mol. The van der Waals surface area contributed by atoms with Crippen molar-refractivity contribution >= 4 is 34.1 Å². The van der Waals surface area contributed by atoms with E-state index in [0.717, 1.165) is 15.7 Å². The number of aromatic nitrogens is 1. The van der Waals surface area contributed by atoms with Crippen LogP contribution < -0.4 is 4.73 Å². The van der Waals surface area contributed by atoms with E-state index in [1.165, 1.54) is 6.20 Å². The number of pyridine rings is 1. The molecule has 1 aromatic heterocycles. The van der Waals surface area contributed by atoms with E-state index in [1.807, 2.05) is 18.2 Å². The molecule has 2 rings (SSSR count). The van der Waals surface area contributed by atoms with Crippen LogP contribution in [-0.2, 0) is 5.88 Å². The minimum atomic E-state index is 0.452. The van der Waals surface area contributed by atoms with Gasteiger partial charge >= 0.3 is 0 Å². The molecule has 72 valence electrons. The first-order valence-corrected chi connectivity index (χ1v) is 5.01. The van der Waals surface area contributed by atoms with Gasteiger partial charge in [0.1, 0.15) is 5.02 Å². The Labute approximate surface area is 91.3 Å². The van der Waals surface area contributed by atoms with Crippen LogP contribution in [0.1, 0.15) is 5.56 Å². The molecule has 0 aliphatic carbocycles. The Bertz CT molecular complexity index is 485. The second kappa shape index (κ2) is 3.64. The maximum Gasteiger partial charge on any atom is 0.264 e. The van der Waals surface area contributed by atoms with Crippen LogP contribution in [0.5, 0.6) is 0 Å². The first-order valence-electron chi connectivity index (χ1n) is 4.10. The first kappa shape index (κ1) is 9.56. The third kappa shape index (κ3) is 1.63. The summed E-state index contributed by atoms with van der Waals surface area (Å²) in [7, 11) is 0. The number of benzene rings is 1. The molecule has 0 saturated carbocycles. The average Bonchev–Trinajstić information content (AvgIpc) is 2.16. The van der Waals surface area contributed by atoms with Crippen molar-refractivity contribution in [3.8, 4) is 0 Å². The molecule has 2 nitrogen and oxygen atoms in total. The van der Waals surface area contributed by atoms with Gasteiger partial charge in [0.05, 0.1) is 5.39 Å². The third-order valence-corrected chi connectivity index (χ3v) is 2.55. The van der Waals surface area contributed by atoms with Crippen LogP contribution in [0.2, 0.25) is 5.02 Å². The van der Waals surface area contributed by atoms with Crippen molar-refractivity contribution in [1.82, 2.24) is 0 Å². The van der Waals surface area contributed by atoms with Gasteiger partial charge in [0.15, 0.2) is 0 Å². The van der Waals surface area contributed by atoms with Crippen molar-refractivity contribution in [1.29, 1.82) is 0 Å². The van der Waals surface area contributed by atoms with Crippen LogP contribution in [0, 0.1) is 0 Å². The van der Waals surface area contributed by atoms with Crippen molar-refractivity contribution in [2.75, 3.05) is 0 Å². The fraction of sp³-hybridized carbons (Fsp3) is 0.100. The summed E-state index contributed by atoms with van der Waals surface area (Å²) in [6.45, 7) is 0. The van der Waals surface area contributed by atoms with Gasteiger partial charge in [-0.25, -0.2) is 0 Å². The number of hydrogen-bond donors (Lipinski definition) is 1. The summed E-state index contributed by atoms with van der Waals surface area (Å²) in [6.07, 6.45) is 1.45. The maximum absolute atomic E-state index is 9.51. The largest absolute Gasteiger partial charge is 0.284 e. The van der Waals surface area contributed by atoms with E-state index in [2.05, 4.69) is 0 Å². The lowest BCUT2D eigenvalue weighted by Gasteiger charge is -1.97. The molecular weight excluding hydrogens is 221 g/mol. The summed E-state index contributed by atoms with van der Waals surface area (Å²) >= 11 is 11.5. The normalized spacial score (nSPS) is 10.7. The molecule has 0 amide bonds. The highest BCUT2D eigenvalue weighted by Crippen LogP contribution is 2.17. The molecule has 1 heterocycles. The summed E-state index contributed by atoms with van der Waals surface area (Å²) in [6, 6.07) is 7.37. The summed E-state index contributed by atoms with van der Waals surface area (Å²) in [5, 5.41) is 10.9. The van der Waals surface area contributed by atoms with Gasteiger partial charge in [0, 0.05) is 16.7 Å². The lowest BCUT2D eigenvalue weighted by atomic mass is 10.1. The number of halogens is 2. The number of alkyl halides is 1. The molecule has 0 spiro atoms. The lowest BCUT2D eigenvalue weighted by Crippen LogP contribution is -2.30. The SMILES string of the molecule is O[n+]1cc(Cl)cc2cc(CCl)ccc21. The van der Waals surface area contributed by atoms with Crippen molar-refractivity contribution in [2.24, 2.45) is 0 Å². The number of rotatable bonds is 1. The zero-order valence-electron chi connectivity index (χ0n) is 7.24. The van der Waals surface area contributed by atoms with Gasteiger partial charge < -0.3 is 0 Å². The Kier molecular flexibility index (Phi) is 2.48. The van der Waals surface area contributed by atoms with Crippen LogP contribution in [0.3, 0.4) is 0 Å². The summed E-state index contributed by atoms with van der Waals surface area (Å²) in [4.78, 5) is 0.